The van der Waals surface area contributed by atoms with Crippen LogP contribution in [0.1, 0.15) is 77.6 Å². The van der Waals surface area contributed by atoms with Crippen molar-refractivity contribution in [1.82, 2.24) is 0 Å². The average Bonchev–Trinajstić information content (AvgIpc) is 2.52. The zero-order chi connectivity index (χ0) is 16.5. The Morgan fingerprint density at radius 3 is 2.50 bits per heavy atom. The molecule has 0 aromatic heterocycles. The number of aliphatic hydroxyl groups excluding tert-OH is 1. The van der Waals surface area contributed by atoms with Gasteiger partial charge in [-0.3, -0.25) is 4.79 Å². The molecule has 3 heteroatoms. The first kappa shape index (κ1) is 20.6. The second kappa shape index (κ2) is 15.9. The van der Waals surface area contributed by atoms with E-state index in [4.69, 9.17) is 0 Å². The van der Waals surface area contributed by atoms with Crippen LogP contribution in [0.2, 0.25) is 0 Å². The van der Waals surface area contributed by atoms with E-state index in [1.165, 1.54) is 26.4 Å². The van der Waals surface area contributed by atoms with Gasteiger partial charge in [-0.05, 0) is 37.5 Å². The number of carbonyl (C=O) groups is 1. The van der Waals surface area contributed by atoms with E-state index in [2.05, 4.69) is 35.3 Å². The summed E-state index contributed by atoms with van der Waals surface area (Å²) in [5.74, 6) is 11.2. The van der Waals surface area contributed by atoms with E-state index in [9.17, 15) is 9.90 Å². The van der Waals surface area contributed by atoms with Crippen molar-refractivity contribution >= 4 is 5.97 Å². The molecule has 1 unspecified atom stereocenters. The van der Waals surface area contributed by atoms with Crippen LogP contribution in [0.25, 0.3) is 0 Å². The van der Waals surface area contributed by atoms with Gasteiger partial charge in [-0.1, -0.05) is 50.9 Å². The Balaban J connectivity index is 3.53. The van der Waals surface area contributed by atoms with Crippen molar-refractivity contribution in [3.8, 4) is 23.7 Å². The van der Waals surface area contributed by atoms with E-state index in [1.807, 2.05) is 0 Å². The lowest BCUT2D eigenvalue weighted by Gasteiger charge is -2.03. The number of ether oxygens (including phenoxy) is 1. The number of esters is 1. The highest BCUT2D eigenvalue weighted by Gasteiger charge is 2.01. The minimum atomic E-state index is -0.588. The number of hydrogen-bond acceptors (Lipinski definition) is 3. The Hall–Kier alpha value is -1.45. The van der Waals surface area contributed by atoms with Gasteiger partial charge in [0, 0.05) is 12.8 Å². The van der Waals surface area contributed by atoms with Crippen LogP contribution in [0.3, 0.4) is 0 Å². The van der Waals surface area contributed by atoms with Crippen LogP contribution in [0.5, 0.6) is 0 Å². The van der Waals surface area contributed by atoms with Crippen LogP contribution >= 0.6 is 0 Å². The molecule has 0 fully saturated rings. The van der Waals surface area contributed by atoms with Gasteiger partial charge in [0.15, 0.2) is 0 Å². The van der Waals surface area contributed by atoms with Gasteiger partial charge < -0.3 is 9.84 Å². The first-order valence-electron chi connectivity index (χ1n) is 8.44. The standard InChI is InChI=1S/C19H30O3/c1-3-4-5-6-7-8-9-12-15-18(20)16-13-10-11-14-17-19(21)22-2/h18,20H,3-7,10-11,13-14,16-17H2,1-2H3. The summed E-state index contributed by atoms with van der Waals surface area (Å²) in [4.78, 5) is 10.9. The smallest absolute Gasteiger partial charge is 0.305 e. The van der Waals surface area contributed by atoms with Crippen LogP contribution < -0.4 is 0 Å². The summed E-state index contributed by atoms with van der Waals surface area (Å²) in [7, 11) is 1.41. The van der Waals surface area contributed by atoms with Gasteiger partial charge in [-0.15, -0.1) is 0 Å². The van der Waals surface area contributed by atoms with Crippen molar-refractivity contribution in [2.24, 2.45) is 0 Å². The van der Waals surface area contributed by atoms with Gasteiger partial charge in [-0.2, -0.15) is 0 Å². The molecule has 0 aromatic rings. The Morgan fingerprint density at radius 2 is 1.77 bits per heavy atom. The van der Waals surface area contributed by atoms with Gasteiger partial charge in [0.2, 0.25) is 0 Å². The zero-order valence-electron chi connectivity index (χ0n) is 14.1. The Labute approximate surface area is 135 Å². The lowest BCUT2D eigenvalue weighted by Crippen LogP contribution is -2.02. The molecule has 0 bridgehead atoms. The van der Waals surface area contributed by atoms with Crippen LogP contribution in [0, 0.1) is 23.7 Å². The topological polar surface area (TPSA) is 46.5 Å². The minimum Gasteiger partial charge on any atom is -0.469 e. The van der Waals surface area contributed by atoms with E-state index in [0.29, 0.717) is 12.8 Å². The molecule has 0 amide bonds. The fourth-order valence-electron chi connectivity index (χ4n) is 2.00. The summed E-state index contributed by atoms with van der Waals surface area (Å²) in [5, 5.41) is 9.69. The second-order valence-corrected chi connectivity index (χ2v) is 5.43. The van der Waals surface area contributed by atoms with Crippen molar-refractivity contribution in [2.45, 2.75) is 83.7 Å². The molecule has 1 atom stereocenters. The van der Waals surface area contributed by atoms with Crippen molar-refractivity contribution < 1.29 is 14.6 Å². The summed E-state index contributed by atoms with van der Waals surface area (Å²) >= 11 is 0. The molecule has 0 radical (unpaired) electrons. The fraction of sp³-hybridized carbons (Fsp3) is 0.737. The fourth-order valence-corrected chi connectivity index (χ4v) is 2.00. The third-order valence-electron chi connectivity index (χ3n) is 3.38. The summed E-state index contributed by atoms with van der Waals surface area (Å²) in [6.07, 6.45) is 10.1. The van der Waals surface area contributed by atoms with Gasteiger partial charge >= 0.3 is 5.97 Å². The predicted molar refractivity (Wildman–Crippen MR) is 90.0 cm³/mol. The molecule has 0 aliphatic heterocycles. The normalized spacial score (nSPS) is 10.9. The number of aliphatic hydroxyl groups is 1. The van der Waals surface area contributed by atoms with Crippen LogP contribution in [0.4, 0.5) is 0 Å². The number of rotatable bonds is 11. The number of unbranched alkanes of at least 4 members (excludes halogenated alkanes) is 7. The maximum atomic E-state index is 10.9. The molecule has 124 valence electrons. The number of methoxy groups -OCH3 is 1. The van der Waals surface area contributed by atoms with Gasteiger partial charge in [0.1, 0.15) is 6.10 Å². The Kier molecular flexibility index (Phi) is 14.9. The quantitative estimate of drug-likeness (QED) is 0.358. The molecule has 0 heterocycles. The molecule has 0 aliphatic carbocycles. The van der Waals surface area contributed by atoms with Crippen LogP contribution in [0.15, 0.2) is 0 Å². The minimum absolute atomic E-state index is 0.154. The zero-order valence-corrected chi connectivity index (χ0v) is 14.1. The van der Waals surface area contributed by atoms with Gasteiger partial charge in [0.05, 0.1) is 7.11 Å². The monoisotopic (exact) mass is 306 g/mol. The van der Waals surface area contributed by atoms with E-state index in [1.54, 1.807) is 0 Å². The summed E-state index contributed by atoms with van der Waals surface area (Å²) < 4.78 is 4.58. The number of hydrogen-bond donors (Lipinski definition) is 1. The third kappa shape index (κ3) is 14.9. The molecule has 22 heavy (non-hydrogen) atoms. The molecule has 0 rings (SSSR count). The highest BCUT2D eigenvalue weighted by atomic mass is 16.5. The average molecular weight is 306 g/mol. The molecule has 1 N–H and O–H groups in total. The Morgan fingerprint density at radius 1 is 1.05 bits per heavy atom. The van der Waals surface area contributed by atoms with Crippen LogP contribution in [-0.2, 0) is 9.53 Å². The van der Waals surface area contributed by atoms with Crippen molar-refractivity contribution in [2.75, 3.05) is 7.11 Å². The highest BCUT2D eigenvalue weighted by molar-refractivity contribution is 5.68. The lowest BCUT2D eigenvalue weighted by atomic mass is 10.1. The molecule has 0 aromatic carbocycles. The molecule has 0 saturated carbocycles. The van der Waals surface area contributed by atoms with Crippen molar-refractivity contribution in [1.29, 1.82) is 0 Å². The number of carbonyl (C=O) groups excluding carboxylic acids is 1. The van der Waals surface area contributed by atoms with E-state index in [-0.39, 0.29) is 5.97 Å². The third-order valence-corrected chi connectivity index (χ3v) is 3.38. The summed E-state index contributed by atoms with van der Waals surface area (Å²) in [6.45, 7) is 2.19. The van der Waals surface area contributed by atoms with Gasteiger partial charge in [-0.25, -0.2) is 0 Å². The predicted octanol–water partition coefficient (Wildman–Crippen LogP) is 3.84. The van der Waals surface area contributed by atoms with Crippen molar-refractivity contribution in [3.63, 3.8) is 0 Å². The van der Waals surface area contributed by atoms with Crippen LogP contribution in [-0.4, -0.2) is 24.3 Å². The van der Waals surface area contributed by atoms with E-state index in [0.717, 1.165) is 38.5 Å². The maximum absolute atomic E-state index is 10.9. The summed E-state index contributed by atoms with van der Waals surface area (Å²) in [6, 6.07) is 0. The second-order valence-electron chi connectivity index (χ2n) is 5.43. The molecular weight excluding hydrogens is 276 g/mol. The summed E-state index contributed by atoms with van der Waals surface area (Å²) in [5.41, 5.74) is 0. The van der Waals surface area contributed by atoms with Gasteiger partial charge in [0.25, 0.3) is 0 Å². The van der Waals surface area contributed by atoms with E-state index >= 15 is 0 Å². The molecule has 0 saturated heterocycles. The maximum Gasteiger partial charge on any atom is 0.305 e. The SMILES string of the molecule is CCCCCCC#CC#CC(O)CCCCCCC(=O)OC. The first-order valence-corrected chi connectivity index (χ1v) is 8.44. The van der Waals surface area contributed by atoms with E-state index < -0.39 is 6.10 Å². The molecule has 0 spiro atoms. The molecule has 0 aliphatic rings. The molecular formula is C19H30O3. The lowest BCUT2D eigenvalue weighted by molar-refractivity contribution is -0.140. The Bertz CT molecular complexity index is 392. The first-order chi connectivity index (χ1) is 10.7. The van der Waals surface area contributed by atoms with Crippen molar-refractivity contribution in [3.05, 3.63) is 0 Å². The largest absolute Gasteiger partial charge is 0.469 e. The highest BCUT2D eigenvalue weighted by Crippen LogP contribution is 2.07. The molecule has 3 nitrogen and oxygen atoms in total.